The van der Waals surface area contributed by atoms with Crippen LogP contribution in [-0.2, 0) is 21.4 Å². The molecule has 1 heterocycles. The summed E-state index contributed by atoms with van der Waals surface area (Å²) >= 11 is 0. The van der Waals surface area contributed by atoms with Crippen LogP contribution in [0.1, 0.15) is 39.2 Å². The highest BCUT2D eigenvalue weighted by molar-refractivity contribution is 7.86. The van der Waals surface area contributed by atoms with E-state index in [1.54, 1.807) is 29.2 Å². The molecule has 1 aromatic carbocycles. The topological polar surface area (TPSA) is 84.9 Å². The van der Waals surface area contributed by atoms with E-state index < -0.39 is 10.1 Å². The van der Waals surface area contributed by atoms with Gasteiger partial charge in [-0.1, -0.05) is 12.1 Å². The molecule has 0 spiro atoms. The fraction of sp³-hybridized carbons (Fsp3) is 0.611. The number of urea groups is 1. The lowest BCUT2D eigenvalue weighted by Gasteiger charge is -2.30. The van der Waals surface area contributed by atoms with E-state index >= 15 is 0 Å². The smallest absolute Gasteiger partial charge is 0.318 e. The van der Waals surface area contributed by atoms with Crippen LogP contribution in [0, 0.1) is 0 Å². The van der Waals surface area contributed by atoms with Gasteiger partial charge < -0.3 is 19.1 Å². The van der Waals surface area contributed by atoms with E-state index in [0.29, 0.717) is 13.1 Å². The summed E-state index contributed by atoms with van der Waals surface area (Å²) in [6.45, 7) is 7.47. The molecule has 0 saturated carbocycles. The van der Waals surface area contributed by atoms with Crippen molar-refractivity contribution in [1.82, 2.24) is 10.2 Å². The Morgan fingerprint density at radius 2 is 1.96 bits per heavy atom. The lowest BCUT2D eigenvalue weighted by molar-refractivity contribution is 0.0782. The molecule has 2 rings (SSSR count). The highest BCUT2D eigenvalue weighted by atomic mass is 32.2. The van der Waals surface area contributed by atoms with E-state index in [0.717, 1.165) is 31.3 Å². The Morgan fingerprint density at radius 3 is 2.46 bits per heavy atom. The summed E-state index contributed by atoms with van der Waals surface area (Å²) < 4.78 is 32.9. The van der Waals surface area contributed by atoms with E-state index in [-0.39, 0.29) is 23.4 Å². The number of carbonyl (C=O) groups excluding carboxylic acids is 1. The van der Waals surface area contributed by atoms with Gasteiger partial charge in [0.05, 0.1) is 12.4 Å². The number of benzene rings is 1. The van der Waals surface area contributed by atoms with Crippen molar-refractivity contribution >= 4 is 16.1 Å². The van der Waals surface area contributed by atoms with Gasteiger partial charge in [-0.25, -0.2) is 4.79 Å². The van der Waals surface area contributed by atoms with Crippen molar-refractivity contribution in [3.05, 3.63) is 29.8 Å². The van der Waals surface area contributed by atoms with Crippen LogP contribution in [0.2, 0.25) is 0 Å². The molecule has 1 fully saturated rings. The van der Waals surface area contributed by atoms with Gasteiger partial charge in [0, 0.05) is 25.2 Å². The quantitative estimate of drug-likeness (QED) is 0.762. The number of nitrogens with one attached hydrogen (secondary N) is 1. The van der Waals surface area contributed by atoms with Crippen molar-refractivity contribution in [3.63, 3.8) is 0 Å². The number of amides is 2. The molecule has 1 saturated heterocycles. The van der Waals surface area contributed by atoms with E-state index in [1.165, 1.54) is 0 Å². The summed E-state index contributed by atoms with van der Waals surface area (Å²) in [5.41, 5.74) is 0.548. The summed E-state index contributed by atoms with van der Waals surface area (Å²) in [7, 11) is -3.55. The predicted octanol–water partition coefficient (Wildman–Crippen LogP) is 2.51. The summed E-state index contributed by atoms with van der Waals surface area (Å²) in [6, 6.07) is 6.54. The first kappa shape index (κ1) is 20.5. The Kier molecular flexibility index (Phi) is 6.52. The van der Waals surface area contributed by atoms with Crippen LogP contribution in [-0.4, -0.2) is 50.4 Å². The number of hydrogen-bond donors (Lipinski definition) is 1. The largest absolute Gasteiger partial charge is 0.383 e. The normalized spacial score (nSPS) is 17.8. The first-order chi connectivity index (χ1) is 12.0. The minimum absolute atomic E-state index is 0.0496. The molecule has 0 radical (unpaired) electrons. The molecule has 1 aromatic rings. The molecule has 1 aliphatic rings. The number of carbonyl (C=O) groups is 1. The highest BCUT2D eigenvalue weighted by Crippen LogP contribution is 2.18. The van der Waals surface area contributed by atoms with Crippen LogP contribution in [0.3, 0.4) is 0 Å². The van der Waals surface area contributed by atoms with Gasteiger partial charge in [-0.05, 0) is 51.3 Å². The molecule has 1 N–H and O–H groups in total. The maximum atomic E-state index is 12.7. The molecule has 8 heteroatoms. The van der Waals surface area contributed by atoms with Crippen LogP contribution in [0.5, 0.6) is 5.75 Å². The van der Waals surface area contributed by atoms with Crippen molar-refractivity contribution in [2.45, 2.75) is 51.8 Å². The third kappa shape index (κ3) is 7.21. The molecule has 0 bridgehead atoms. The van der Waals surface area contributed by atoms with Gasteiger partial charge in [-0.3, -0.25) is 0 Å². The van der Waals surface area contributed by atoms with E-state index in [4.69, 9.17) is 8.92 Å². The summed E-state index contributed by atoms with van der Waals surface area (Å²) in [5, 5.41) is 2.98. The molecular formula is C18H28N2O5S. The van der Waals surface area contributed by atoms with Crippen LogP contribution in [0.4, 0.5) is 4.79 Å². The molecule has 7 nitrogen and oxygen atoms in total. The number of ether oxygens (including phenoxy) is 1. The zero-order chi connectivity index (χ0) is 19.4. The summed E-state index contributed by atoms with van der Waals surface area (Å²) in [5.74, 6) is 0.251. The van der Waals surface area contributed by atoms with Gasteiger partial charge in [0.2, 0.25) is 0 Å². The molecule has 2 amide bonds. The molecule has 0 aliphatic carbocycles. The standard InChI is InChI=1S/C18H28N2O5S/c1-18(2,3)19-17(21)20(13-16-6-5-11-24-16)12-14-7-9-15(10-8-14)25-26(4,22)23/h7-10,16H,5-6,11-13H2,1-4H3,(H,19,21)/t16-/m1/s1. The maximum absolute atomic E-state index is 12.7. The second kappa shape index (κ2) is 8.26. The van der Waals surface area contributed by atoms with E-state index in [9.17, 15) is 13.2 Å². The average molecular weight is 384 g/mol. The van der Waals surface area contributed by atoms with Crippen LogP contribution >= 0.6 is 0 Å². The fourth-order valence-electron chi connectivity index (χ4n) is 2.70. The molecule has 1 aliphatic heterocycles. The Labute approximate surface area is 155 Å². The van der Waals surface area contributed by atoms with Crippen LogP contribution in [0.25, 0.3) is 0 Å². The first-order valence-corrected chi connectivity index (χ1v) is 10.5. The van der Waals surface area contributed by atoms with Gasteiger partial charge in [-0.15, -0.1) is 0 Å². The van der Waals surface area contributed by atoms with Gasteiger partial charge in [0.15, 0.2) is 0 Å². The third-order valence-electron chi connectivity index (χ3n) is 3.76. The van der Waals surface area contributed by atoms with Crippen molar-refractivity contribution in [2.75, 3.05) is 19.4 Å². The molecule has 146 valence electrons. The number of rotatable bonds is 6. The Morgan fingerprint density at radius 1 is 1.31 bits per heavy atom. The van der Waals surface area contributed by atoms with Gasteiger partial charge in [0.25, 0.3) is 0 Å². The molecular weight excluding hydrogens is 356 g/mol. The van der Waals surface area contributed by atoms with Crippen molar-refractivity contribution in [1.29, 1.82) is 0 Å². The second-order valence-corrected chi connectivity index (χ2v) is 9.20. The Bertz CT molecular complexity index is 704. The minimum atomic E-state index is -3.55. The third-order valence-corrected chi connectivity index (χ3v) is 4.26. The summed E-state index contributed by atoms with van der Waals surface area (Å²) in [6.07, 6.45) is 3.01. The lowest BCUT2D eigenvalue weighted by atomic mass is 10.1. The van der Waals surface area contributed by atoms with Crippen LogP contribution < -0.4 is 9.50 Å². The fourth-order valence-corrected chi connectivity index (χ4v) is 3.16. The highest BCUT2D eigenvalue weighted by Gasteiger charge is 2.25. The lowest BCUT2D eigenvalue weighted by Crippen LogP contribution is -2.50. The first-order valence-electron chi connectivity index (χ1n) is 8.69. The van der Waals surface area contributed by atoms with Gasteiger partial charge in [-0.2, -0.15) is 8.42 Å². The SMILES string of the molecule is CC(C)(C)NC(=O)N(Cc1ccc(OS(C)(=O)=O)cc1)C[C@H]1CCCO1. The zero-order valence-corrected chi connectivity index (χ0v) is 16.6. The van der Waals surface area contributed by atoms with Gasteiger partial charge >= 0.3 is 16.1 Å². The second-order valence-electron chi connectivity index (χ2n) is 7.63. The molecule has 26 heavy (non-hydrogen) atoms. The van der Waals surface area contributed by atoms with Gasteiger partial charge in [0.1, 0.15) is 5.75 Å². The maximum Gasteiger partial charge on any atom is 0.318 e. The van der Waals surface area contributed by atoms with Crippen LogP contribution in [0.15, 0.2) is 24.3 Å². The van der Waals surface area contributed by atoms with Crippen molar-refractivity contribution < 1.29 is 22.1 Å². The molecule has 1 atom stereocenters. The summed E-state index contributed by atoms with van der Waals surface area (Å²) in [4.78, 5) is 14.4. The Hall–Kier alpha value is -1.80. The zero-order valence-electron chi connectivity index (χ0n) is 15.8. The molecule has 0 unspecified atom stereocenters. The minimum Gasteiger partial charge on any atom is -0.383 e. The predicted molar refractivity (Wildman–Crippen MR) is 99.6 cm³/mol. The monoisotopic (exact) mass is 384 g/mol. The van der Waals surface area contributed by atoms with E-state index in [2.05, 4.69) is 5.32 Å². The Balaban J connectivity index is 2.08. The number of nitrogens with zero attached hydrogens (tertiary/aromatic N) is 1. The number of hydrogen-bond acceptors (Lipinski definition) is 5. The van der Waals surface area contributed by atoms with Crippen molar-refractivity contribution in [2.24, 2.45) is 0 Å². The van der Waals surface area contributed by atoms with Crippen molar-refractivity contribution in [3.8, 4) is 5.75 Å². The average Bonchev–Trinajstić information content (AvgIpc) is 2.98. The van der Waals surface area contributed by atoms with E-state index in [1.807, 2.05) is 20.8 Å². The molecule has 0 aromatic heterocycles.